The second-order valence-corrected chi connectivity index (χ2v) is 3.73. The van der Waals surface area contributed by atoms with Crippen molar-refractivity contribution >= 4 is 5.78 Å². The van der Waals surface area contributed by atoms with E-state index < -0.39 is 28.9 Å². The first-order valence-corrected chi connectivity index (χ1v) is 5.21. The van der Waals surface area contributed by atoms with E-state index in [1.807, 2.05) is 0 Å². The molecule has 0 unspecified atom stereocenters. The van der Waals surface area contributed by atoms with Crippen LogP contribution in [0, 0.1) is 5.82 Å². The van der Waals surface area contributed by atoms with E-state index in [1.54, 1.807) is 0 Å². The fraction of sp³-hybridized carbons (Fsp3) is 0.0769. The van der Waals surface area contributed by atoms with E-state index in [0.29, 0.717) is 6.07 Å². The minimum absolute atomic E-state index is 0.0990. The van der Waals surface area contributed by atoms with E-state index in [2.05, 4.69) is 4.98 Å². The van der Waals surface area contributed by atoms with Crippen molar-refractivity contribution in [1.82, 2.24) is 4.98 Å². The normalized spacial score (nSPS) is 11.4. The van der Waals surface area contributed by atoms with E-state index >= 15 is 0 Å². The minimum atomic E-state index is -4.80. The number of pyridine rings is 1. The molecule has 0 saturated carbocycles. The molecule has 1 aromatic carbocycles. The van der Waals surface area contributed by atoms with Gasteiger partial charge in [-0.25, -0.2) is 4.39 Å². The van der Waals surface area contributed by atoms with Gasteiger partial charge in [-0.1, -0.05) is 6.07 Å². The van der Waals surface area contributed by atoms with Gasteiger partial charge < -0.3 is 0 Å². The number of carbonyl (C=O) groups excluding carboxylic acids is 1. The van der Waals surface area contributed by atoms with Crippen molar-refractivity contribution in [3.63, 3.8) is 0 Å². The third-order valence-electron chi connectivity index (χ3n) is 2.47. The number of aromatic nitrogens is 1. The van der Waals surface area contributed by atoms with Crippen molar-refractivity contribution in [3.8, 4) is 0 Å². The Labute approximate surface area is 105 Å². The molecule has 0 saturated heterocycles. The maximum atomic E-state index is 13.6. The number of ketones is 1. The van der Waals surface area contributed by atoms with Crippen molar-refractivity contribution in [1.29, 1.82) is 0 Å². The van der Waals surface area contributed by atoms with Crippen molar-refractivity contribution in [2.24, 2.45) is 0 Å². The predicted octanol–water partition coefficient (Wildman–Crippen LogP) is 3.47. The van der Waals surface area contributed by atoms with Crippen molar-refractivity contribution < 1.29 is 22.4 Å². The highest BCUT2D eigenvalue weighted by molar-refractivity contribution is 6.10. The zero-order chi connectivity index (χ0) is 14.0. The summed E-state index contributed by atoms with van der Waals surface area (Å²) in [7, 11) is 0. The van der Waals surface area contributed by atoms with Gasteiger partial charge >= 0.3 is 6.18 Å². The summed E-state index contributed by atoms with van der Waals surface area (Å²) in [6, 6.07) is 5.08. The quantitative estimate of drug-likeness (QED) is 0.617. The van der Waals surface area contributed by atoms with E-state index in [9.17, 15) is 22.4 Å². The second-order valence-electron chi connectivity index (χ2n) is 3.73. The van der Waals surface area contributed by atoms with E-state index in [0.717, 1.165) is 18.3 Å². The van der Waals surface area contributed by atoms with Gasteiger partial charge in [0, 0.05) is 18.0 Å². The van der Waals surface area contributed by atoms with Gasteiger partial charge in [-0.05, 0) is 24.3 Å². The standard InChI is InChI=1S/C13H7F4NO/c14-10-5-1-4-9(13(15,16)17)11(10)12(19)8-3-2-6-18-7-8/h1-7H. The SMILES string of the molecule is O=C(c1cccnc1)c1c(F)cccc1C(F)(F)F. The average molecular weight is 269 g/mol. The smallest absolute Gasteiger partial charge is 0.288 e. The Morgan fingerprint density at radius 3 is 2.42 bits per heavy atom. The molecule has 0 spiro atoms. The van der Waals surface area contributed by atoms with Crippen LogP contribution in [-0.2, 0) is 6.18 Å². The second kappa shape index (κ2) is 4.79. The number of benzene rings is 1. The van der Waals surface area contributed by atoms with E-state index in [1.165, 1.54) is 18.3 Å². The molecule has 0 N–H and O–H groups in total. The molecule has 98 valence electrons. The summed E-state index contributed by atoms with van der Waals surface area (Å²) in [4.78, 5) is 15.6. The number of hydrogen-bond donors (Lipinski definition) is 0. The van der Waals surface area contributed by atoms with Gasteiger partial charge in [0.1, 0.15) is 5.82 Å². The predicted molar refractivity (Wildman–Crippen MR) is 59.1 cm³/mol. The third-order valence-corrected chi connectivity index (χ3v) is 2.47. The molecule has 2 nitrogen and oxygen atoms in total. The van der Waals surface area contributed by atoms with Crippen LogP contribution < -0.4 is 0 Å². The van der Waals surface area contributed by atoms with Crippen LogP contribution in [0.3, 0.4) is 0 Å². The van der Waals surface area contributed by atoms with Crippen LogP contribution in [0.5, 0.6) is 0 Å². The van der Waals surface area contributed by atoms with Crippen LogP contribution in [-0.4, -0.2) is 10.8 Å². The van der Waals surface area contributed by atoms with E-state index in [4.69, 9.17) is 0 Å². The number of carbonyl (C=O) groups is 1. The lowest BCUT2D eigenvalue weighted by Gasteiger charge is -2.12. The molecule has 1 aromatic heterocycles. The van der Waals surface area contributed by atoms with Gasteiger partial charge in [0.05, 0.1) is 11.1 Å². The molecular formula is C13H7F4NO. The highest BCUT2D eigenvalue weighted by Crippen LogP contribution is 2.33. The highest BCUT2D eigenvalue weighted by Gasteiger charge is 2.36. The monoisotopic (exact) mass is 269 g/mol. The Kier molecular flexibility index (Phi) is 3.33. The van der Waals surface area contributed by atoms with E-state index in [-0.39, 0.29) is 5.56 Å². The van der Waals surface area contributed by atoms with Gasteiger partial charge in [0.2, 0.25) is 0 Å². The zero-order valence-electron chi connectivity index (χ0n) is 9.41. The minimum Gasteiger partial charge on any atom is -0.288 e. The van der Waals surface area contributed by atoms with Crippen LogP contribution >= 0.6 is 0 Å². The van der Waals surface area contributed by atoms with Gasteiger partial charge in [-0.2, -0.15) is 13.2 Å². The molecule has 0 atom stereocenters. The molecule has 2 aromatic rings. The van der Waals surface area contributed by atoms with Gasteiger partial charge in [0.25, 0.3) is 0 Å². The third kappa shape index (κ3) is 2.62. The van der Waals surface area contributed by atoms with Crippen molar-refractivity contribution in [2.75, 3.05) is 0 Å². The van der Waals surface area contributed by atoms with Crippen LogP contribution in [0.2, 0.25) is 0 Å². The highest BCUT2D eigenvalue weighted by atomic mass is 19.4. The summed E-state index contributed by atoms with van der Waals surface area (Å²) >= 11 is 0. The molecule has 0 aliphatic heterocycles. The largest absolute Gasteiger partial charge is 0.417 e. The maximum absolute atomic E-state index is 13.6. The van der Waals surface area contributed by atoms with Gasteiger partial charge in [0.15, 0.2) is 5.78 Å². The lowest BCUT2D eigenvalue weighted by Crippen LogP contribution is -2.15. The Bertz CT molecular complexity index is 608. The molecule has 0 amide bonds. The summed E-state index contributed by atoms with van der Waals surface area (Å²) < 4.78 is 51.9. The van der Waals surface area contributed by atoms with Gasteiger partial charge in [-0.3, -0.25) is 9.78 Å². The van der Waals surface area contributed by atoms with Gasteiger partial charge in [-0.15, -0.1) is 0 Å². The molecule has 2 rings (SSSR count). The molecule has 6 heteroatoms. The number of rotatable bonds is 2. The molecule has 0 radical (unpaired) electrons. The molecule has 19 heavy (non-hydrogen) atoms. The van der Waals surface area contributed by atoms with Crippen LogP contribution in [0.4, 0.5) is 17.6 Å². The fourth-order valence-corrected chi connectivity index (χ4v) is 1.63. The molecular weight excluding hydrogens is 262 g/mol. The Morgan fingerprint density at radius 1 is 1.11 bits per heavy atom. The molecule has 0 fully saturated rings. The molecule has 0 aliphatic rings. The van der Waals surface area contributed by atoms with Crippen LogP contribution in [0.25, 0.3) is 0 Å². The Hall–Kier alpha value is -2.24. The number of hydrogen-bond acceptors (Lipinski definition) is 2. The summed E-state index contributed by atoms with van der Waals surface area (Å²) in [5, 5.41) is 0. The number of halogens is 4. The topological polar surface area (TPSA) is 30.0 Å². The van der Waals surface area contributed by atoms with Crippen molar-refractivity contribution in [2.45, 2.75) is 6.18 Å². The number of nitrogens with zero attached hydrogens (tertiary/aromatic N) is 1. The first-order chi connectivity index (χ1) is 8.91. The van der Waals surface area contributed by atoms with Crippen LogP contribution in [0.15, 0.2) is 42.7 Å². The fourth-order valence-electron chi connectivity index (χ4n) is 1.63. The Morgan fingerprint density at radius 2 is 1.84 bits per heavy atom. The molecule has 0 bridgehead atoms. The zero-order valence-corrected chi connectivity index (χ0v) is 9.41. The average Bonchev–Trinajstić information content (AvgIpc) is 2.37. The van der Waals surface area contributed by atoms with Crippen LogP contribution in [0.1, 0.15) is 21.5 Å². The first kappa shape index (κ1) is 13.2. The summed E-state index contributed by atoms with van der Waals surface area (Å²) in [5.41, 5.74) is -2.37. The lowest BCUT2D eigenvalue weighted by atomic mass is 9.98. The lowest BCUT2D eigenvalue weighted by molar-refractivity contribution is -0.138. The Balaban J connectivity index is 2.60. The first-order valence-electron chi connectivity index (χ1n) is 5.21. The van der Waals surface area contributed by atoms with Crippen molar-refractivity contribution in [3.05, 3.63) is 65.2 Å². The maximum Gasteiger partial charge on any atom is 0.417 e. The molecule has 0 aliphatic carbocycles. The summed E-state index contributed by atoms with van der Waals surface area (Å²) in [6.07, 6.45) is -2.34. The number of alkyl halides is 3. The summed E-state index contributed by atoms with van der Waals surface area (Å²) in [5.74, 6) is -2.25. The summed E-state index contributed by atoms with van der Waals surface area (Å²) in [6.45, 7) is 0. The molecule has 1 heterocycles.